The molecule has 2 rings (SSSR count). The quantitative estimate of drug-likeness (QED) is 0.728. The van der Waals surface area contributed by atoms with Gasteiger partial charge < -0.3 is 20.5 Å². The van der Waals surface area contributed by atoms with E-state index in [0.29, 0.717) is 18.1 Å². The van der Waals surface area contributed by atoms with Crippen molar-refractivity contribution in [2.45, 2.75) is 12.5 Å². The van der Waals surface area contributed by atoms with Crippen LogP contribution in [-0.4, -0.2) is 31.5 Å². The van der Waals surface area contributed by atoms with E-state index in [9.17, 15) is 13.6 Å². The summed E-state index contributed by atoms with van der Waals surface area (Å²) in [6.07, 6.45) is 0. The summed E-state index contributed by atoms with van der Waals surface area (Å²) in [5.41, 5.74) is 5.94. The fourth-order valence-electron chi connectivity index (χ4n) is 1.87. The van der Waals surface area contributed by atoms with Gasteiger partial charge in [-0.25, -0.2) is 8.78 Å². The van der Waals surface area contributed by atoms with Crippen LogP contribution >= 0.6 is 0 Å². The highest BCUT2D eigenvalue weighted by atomic mass is 19.3. The van der Waals surface area contributed by atoms with Crippen molar-refractivity contribution in [2.24, 2.45) is 5.73 Å². The molecule has 0 radical (unpaired) electrons. The van der Waals surface area contributed by atoms with Gasteiger partial charge in [-0.05, 0) is 29.8 Å². The predicted octanol–water partition coefficient (Wildman–Crippen LogP) is 2.35. The van der Waals surface area contributed by atoms with Crippen molar-refractivity contribution in [2.75, 3.05) is 19.7 Å². The zero-order valence-electron chi connectivity index (χ0n) is 13.6. The van der Waals surface area contributed by atoms with Crippen molar-refractivity contribution in [3.05, 3.63) is 60.2 Å². The van der Waals surface area contributed by atoms with E-state index in [2.05, 4.69) is 5.32 Å². The highest BCUT2D eigenvalue weighted by Crippen LogP contribution is 2.18. The molecule has 0 atom stereocenters. The number of alkyl halides is 2. The first kappa shape index (κ1) is 18.7. The van der Waals surface area contributed by atoms with E-state index in [4.69, 9.17) is 15.2 Å². The maximum Gasteiger partial charge on any atom is 0.277 e. The molecule has 0 aromatic heterocycles. The zero-order valence-corrected chi connectivity index (χ0v) is 13.6. The fraction of sp³-hybridized carbons (Fsp3) is 0.278. The average molecular weight is 350 g/mol. The summed E-state index contributed by atoms with van der Waals surface area (Å²) in [6.45, 7) is -1.54. The Morgan fingerprint density at radius 1 is 1.00 bits per heavy atom. The summed E-state index contributed by atoms with van der Waals surface area (Å²) in [7, 11) is 0. The number of hydrogen-bond acceptors (Lipinski definition) is 4. The monoisotopic (exact) mass is 350 g/mol. The van der Waals surface area contributed by atoms with Crippen LogP contribution in [0.25, 0.3) is 0 Å². The number of carbonyl (C=O) groups is 1. The summed E-state index contributed by atoms with van der Waals surface area (Å²) in [5, 5.41) is 2.08. The van der Waals surface area contributed by atoms with Crippen molar-refractivity contribution in [3.63, 3.8) is 0 Å². The van der Waals surface area contributed by atoms with E-state index < -0.39 is 24.9 Å². The molecule has 0 saturated heterocycles. The van der Waals surface area contributed by atoms with E-state index in [1.54, 1.807) is 24.3 Å². The Hall–Kier alpha value is -2.67. The summed E-state index contributed by atoms with van der Waals surface area (Å²) in [5.74, 6) is -2.67. The molecule has 0 aliphatic carbocycles. The van der Waals surface area contributed by atoms with Crippen LogP contribution < -0.4 is 20.5 Å². The van der Waals surface area contributed by atoms with Crippen LogP contribution in [0, 0.1) is 0 Å². The number of hydrogen-bond donors (Lipinski definition) is 2. The lowest BCUT2D eigenvalue weighted by molar-refractivity contribution is -0.124. The van der Waals surface area contributed by atoms with Gasteiger partial charge in [0.2, 0.25) is 0 Å². The first-order valence-corrected chi connectivity index (χ1v) is 7.73. The maximum atomic E-state index is 12.9. The Morgan fingerprint density at radius 2 is 1.60 bits per heavy atom. The van der Waals surface area contributed by atoms with E-state index in [1.807, 2.05) is 30.3 Å². The van der Waals surface area contributed by atoms with E-state index in [0.717, 1.165) is 5.56 Å². The van der Waals surface area contributed by atoms with Gasteiger partial charge in [-0.3, -0.25) is 4.79 Å². The fourth-order valence-corrected chi connectivity index (χ4v) is 1.87. The lowest BCUT2D eigenvalue weighted by Gasteiger charge is -2.14. The Kier molecular flexibility index (Phi) is 6.71. The Bertz CT molecular complexity index is 664. The van der Waals surface area contributed by atoms with Gasteiger partial charge in [0.15, 0.2) is 6.61 Å². The minimum absolute atomic E-state index is 0.356. The number of nitrogens with two attached hydrogens (primary N) is 1. The largest absolute Gasteiger partial charge is 0.489 e. The molecule has 2 aromatic rings. The maximum absolute atomic E-state index is 12.9. The SMILES string of the molecule is NCC(F)(F)CNC(=O)COc1ccc(OCc2ccccc2)cc1. The van der Waals surface area contributed by atoms with Gasteiger partial charge in [-0.1, -0.05) is 30.3 Å². The standard InChI is InChI=1S/C18H20F2N2O3/c19-18(20,12-21)13-22-17(23)11-25-16-8-6-15(7-9-16)24-10-14-4-2-1-3-5-14/h1-9H,10-13,21H2,(H,22,23). The number of nitrogens with one attached hydrogen (secondary N) is 1. The van der Waals surface area contributed by atoms with Crippen molar-refractivity contribution >= 4 is 5.91 Å². The van der Waals surface area contributed by atoms with E-state index in [-0.39, 0.29) is 6.61 Å². The Labute approximate surface area is 144 Å². The number of benzene rings is 2. The van der Waals surface area contributed by atoms with Crippen molar-refractivity contribution in [3.8, 4) is 11.5 Å². The third-order valence-corrected chi connectivity index (χ3v) is 3.28. The van der Waals surface area contributed by atoms with E-state index in [1.165, 1.54) is 0 Å². The second-order valence-electron chi connectivity index (χ2n) is 5.37. The summed E-state index contributed by atoms with van der Waals surface area (Å²) in [6, 6.07) is 16.4. The van der Waals surface area contributed by atoms with Gasteiger partial charge in [-0.2, -0.15) is 0 Å². The number of rotatable bonds is 9. The molecule has 0 aliphatic rings. The van der Waals surface area contributed by atoms with Crippen LogP contribution in [0.3, 0.4) is 0 Å². The molecule has 3 N–H and O–H groups in total. The third kappa shape index (κ3) is 6.76. The van der Waals surface area contributed by atoms with E-state index >= 15 is 0 Å². The second kappa shape index (κ2) is 8.98. The summed E-state index contributed by atoms with van der Waals surface area (Å²) < 4.78 is 36.7. The highest BCUT2D eigenvalue weighted by Gasteiger charge is 2.27. The predicted molar refractivity (Wildman–Crippen MR) is 89.7 cm³/mol. The first-order valence-electron chi connectivity index (χ1n) is 7.73. The van der Waals surface area contributed by atoms with Gasteiger partial charge in [0.1, 0.15) is 18.1 Å². The lowest BCUT2D eigenvalue weighted by atomic mass is 10.2. The molecule has 0 spiro atoms. The molecular weight excluding hydrogens is 330 g/mol. The molecule has 25 heavy (non-hydrogen) atoms. The molecule has 0 unspecified atom stereocenters. The van der Waals surface area contributed by atoms with Crippen LogP contribution in [0.2, 0.25) is 0 Å². The molecule has 0 aliphatic heterocycles. The number of amides is 1. The highest BCUT2D eigenvalue weighted by molar-refractivity contribution is 5.77. The molecule has 0 saturated carbocycles. The minimum atomic E-state index is -3.12. The van der Waals surface area contributed by atoms with Crippen LogP contribution in [0.15, 0.2) is 54.6 Å². The van der Waals surface area contributed by atoms with Gasteiger partial charge in [0.25, 0.3) is 11.8 Å². The smallest absolute Gasteiger partial charge is 0.277 e. The number of halogens is 2. The topological polar surface area (TPSA) is 73.6 Å². The van der Waals surface area contributed by atoms with Gasteiger partial charge in [0.05, 0.1) is 13.1 Å². The van der Waals surface area contributed by atoms with Crippen molar-refractivity contribution in [1.82, 2.24) is 5.32 Å². The molecule has 134 valence electrons. The van der Waals surface area contributed by atoms with Gasteiger partial charge in [-0.15, -0.1) is 0 Å². The Balaban J connectivity index is 1.73. The zero-order chi connectivity index (χ0) is 18.1. The average Bonchev–Trinajstić information content (AvgIpc) is 2.65. The van der Waals surface area contributed by atoms with Crippen LogP contribution in [0.1, 0.15) is 5.56 Å². The molecular formula is C18H20F2N2O3. The molecule has 0 bridgehead atoms. The molecule has 0 fully saturated rings. The number of ether oxygens (including phenoxy) is 2. The molecule has 2 aromatic carbocycles. The first-order chi connectivity index (χ1) is 12.0. The normalized spacial score (nSPS) is 11.0. The Morgan fingerprint density at radius 3 is 2.20 bits per heavy atom. The molecule has 5 nitrogen and oxygen atoms in total. The van der Waals surface area contributed by atoms with Crippen LogP contribution in [0.5, 0.6) is 11.5 Å². The molecule has 0 heterocycles. The van der Waals surface area contributed by atoms with Gasteiger partial charge >= 0.3 is 0 Å². The van der Waals surface area contributed by atoms with Crippen LogP contribution in [-0.2, 0) is 11.4 Å². The number of carbonyl (C=O) groups excluding carboxylic acids is 1. The molecule has 1 amide bonds. The van der Waals surface area contributed by atoms with Gasteiger partial charge in [0, 0.05) is 0 Å². The van der Waals surface area contributed by atoms with Crippen LogP contribution in [0.4, 0.5) is 8.78 Å². The summed E-state index contributed by atoms with van der Waals surface area (Å²) >= 11 is 0. The van der Waals surface area contributed by atoms with Crippen molar-refractivity contribution < 1.29 is 23.0 Å². The second-order valence-corrected chi connectivity index (χ2v) is 5.37. The summed E-state index contributed by atoms with van der Waals surface area (Å²) in [4.78, 5) is 11.5. The lowest BCUT2D eigenvalue weighted by Crippen LogP contribution is -2.42. The third-order valence-electron chi connectivity index (χ3n) is 3.28. The van der Waals surface area contributed by atoms with Crippen molar-refractivity contribution in [1.29, 1.82) is 0 Å². The minimum Gasteiger partial charge on any atom is -0.489 e. The molecule has 7 heteroatoms.